The lowest BCUT2D eigenvalue weighted by atomic mass is 9.90. The van der Waals surface area contributed by atoms with Crippen molar-refractivity contribution in [2.75, 3.05) is 5.75 Å². The number of thioether (sulfide) groups is 1. The molecule has 1 N–H and O–H groups in total. The van der Waals surface area contributed by atoms with Gasteiger partial charge >= 0.3 is 0 Å². The van der Waals surface area contributed by atoms with Gasteiger partial charge in [-0.1, -0.05) is 31.2 Å². The molecule has 1 aliphatic rings. The van der Waals surface area contributed by atoms with Crippen LogP contribution in [0.2, 0.25) is 0 Å². The molecule has 82 valence electrons. The van der Waals surface area contributed by atoms with Gasteiger partial charge in [0.15, 0.2) is 0 Å². The first kappa shape index (κ1) is 11.0. The third-order valence-corrected chi connectivity index (χ3v) is 4.52. The number of aryl methyl sites for hydroxylation is 1. The number of rotatable bonds is 2. The van der Waals surface area contributed by atoms with Crippen LogP contribution in [-0.2, 0) is 6.42 Å². The Morgan fingerprint density at radius 1 is 1.47 bits per heavy atom. The SMILES string of the molecule is Cc1ccccc1CC1(O)CSC(C)C1. The van der Waals surface area contributed by atoms with Crippen LogP contribution in [0.5, 0.6) is 0 Å². The van der Waals surface area contributed by atoms with Crippen LogP contribution in [0.1, 0.15) is 24.5 Å². The molecule has 1 heterocycles. The van der Waals surface area contributed by atoms with Gasteiger partial charge in [-0.25, -0.2) is 0 Å². The number of hydrogen-bond acceptors (Lipinski definition) is 2. The van der Waals surface area contributed by atoms with Crippen LogP contribution in [0.15, 0.2) is 24.3 Å². The Balaban J connectivity index is 2.12. The molecule has 2 heteroatoms. The standard InChI is InChI=1S/C13H18OS/c1-10-5-3-4-6-12(10)8-13(14)7-11(2)15-9-13/h3-6,11,14H,7-9H2,1-2H3. The molecular formula is C13H18OS. The van der Waals surface area contributed by atoms with Gasteiger partial charge < -0.3 is 5.11 Å². The third kappa shape index (κ3) is 2.56. The molecule has 1 saturated heterocycles. The van der Waals surface area contributed by atoms with E-state index in [2.05, 4.69) is 38.1 Å². The first-order valence-corrected chi connectivity index (χ1v) is 6.52. The van der Waals surface area contributed by atoms with Crippen LogP contribution in [0.3, 0.4) is 0 Å². The minimum atomic E-state index is -0.476. The second-order valence-electron chi connectivity index (χ2n) is 4.65. The normalized spacial score (nSPS) is 30.7. The lowest BCUT2D eigenvalue weighted by molar-refractivity contribution is 0.0641. The molecule has 0 radical (unpaired) electrons. The zero-order valence-corrected chi connectivity index (χ0v) is 10.2. The van der Waals surface area contributed by atoms with Crippen LogP contribution in [0.25, 0.3) is 0 Å². The van der Waals surface area contributed by atoms with Crippen molar-refractivity contribution >= 4 is 11.8 Å². The van der Waals surface area contributed by atoms with Gasteiger partial charge in [0.1, 0.15) is 0 Å². The Kier molecular flexibility index (Phi) is 3.08. The van der Waals surface area contributed by atoms with E-state index in [0.29, 0.717) is 5.25 Å². The van der Waals surface area contributed by atoms with Gasteiger partial charge in [-0.3, -0.25) is 0 Å². The molecule has 1 aliphatic heterocycles. The fourth-order valence-electron chi connectivity index (χ4n) is 2.24. The van der Waals surface area contributed by atoms with E-state index in [1.165, 1.54) is 11.1 Å². The van der Waals surface area contributed by atoms with E-state index in [1.807, 2.05) is 11.8 Å². The van der Waals surface area contributed by atoms with Crippen molar-refractivity contribution in [3.63, 3.8) is 0 Å². The largest absolute Gasteiger partial charge is 0.389 e. The molecule has 1 nitrogen and oxygen atoms in total. The molecule has 1 aromatic carbocycles. The average Bonchev–Trinajstić information content (AvgIpc) is 2.51. The molecule has 2 atom stereocenters. The predicted molar refractivity (Wildman–Crippen MR) is 66.4 cm³/mol. The second-order valence-corrected chi connectivity index (χ2v) is 6.08. The third-order valence-electron chi connectivity index (χ3n) is 3.08. The minimum absolute atomic E-state index is 0.476. The highest BCUT2D eigenvalue weighted by Gasteiger charge is 2.36. The van der Waals surface area contributed by atoms with Gasteiger partial charge in [-0.15, -0.1) is 0 Å². The van der Waals surface area contributed by atoms with Crippen LogP contribution in [0.4, 0.5) is 0 Å². The Morgan fingerprint density at radius 2 is 2.20 bits per heavy atom. The van der Waals surface area contributed by atoms with E-state index in [1.54, 1.807) is 0 Å². The Hall–Kier alpha value is -0.470. The number of hydrogen-bond donors (Lipinski definition) is 1. The molecule has 0 spiro atoms. The molecule has 0 amide bonds. The van der Waals surface area contributed by atoms with Crippen molar-refractivity contribution in [1.82, 2.24) is 0 Å². The monoisotopic (exact) mass is 222 g/mol. The molecule has 15 heavy (non-hydrogen) atoms. The summed E-state index contributed by atoms with van der Waals surface area (Å²) in [5.41, 5.74) is 2.10. The van der Waals surface area contributed by atoms with E-state index < -0.39 is 5.60 Å². The Labute approximate surface area is 95.9 Å². The van der Waals surface area contributed by atoms with E-state index >= 15 is 0 Å². The highest BCUT2D eigenvalue weighted by atomic mass is 32.2. The van der Waals surface area contributed by atoms with Crippen LogP contribution >= 0.6 is 11.8 Å². The van der Waals surface area contributed by atoms with Crippen LogP contribution in [-0.4, -0.2) is 21.7 Å². The van der Waals surface area contributed by atoms with Crippen molar-refractivity contribution in [3.8, 4) is 0 Å². The van der Waals surface area contributed by atoms with E-state index in [4.69, 9.17) is 0 Å². The van der Waals surface area contributed by atoms with Crippen molar-refractivity contribution in [2.45, 2.75) is 37.5 Å². The first-order chi connectivity index (χ1) is 7.09. The molecule has 2 unspecified atom stereocenters. The maximum atomic E-state index is 10.4. The minimum Gasteiger partial charge on any atom is -0.389 e. The van der Waals surface area contributed by atoms with Crippen molar-refractivity contribution in [1.29, 1.82) is 0 Å². The van der Waals surface area contributed by atoms with Gasteiger partial charge in [0, 0.05) is 17.4 Å². The smallest absolute Gasteiger partial charge is 0.0788 e. The number of benzene rings is 1. The predicted octanol–water partition coefficient (Wildman–Crippen LogP) is 2.79. The maximum absolute atomic E-state index is 10.4. The molecule has 1 fully saturated rings. The lowest BCUT2D eigenvalue weighted by Gasteiger charge is -2.22. The van der Waals surface area contributed by atoms with Gasteiger partial charge in [0.2, 0.25) is 0 Å². The number of aliphatic hydroxyl groups is 1. The summed E-state index contributed by atoms with van der Waals surface area (Å²) in [6.07, 6.45) is 1.73. The molecule has 0 bridgehead atoms. The maximum Gasteiger partial charge on any atom is 0.0788 e. The van der Waals surface area contributed by atoms with Gasteiger partial charge in [-0.2, -0.15) is 11.8 Å². The first-order valence-electron chi connectivity index (χ1n) is 5.48. The summed E-state index contributed by atoms with van der Waals surface area (Å²) in [5, 5.41) is 11.0. The molecule has 0 aliphatic carbocycles. The summed E-state index contributed by atoms with van der Waals surface area (Å²) in [6.45, 7) is 4.31. The summed E-state index contributed by atoms with van der Waals surface area (Å²) in [6, 6.07) is 8.34. The summed E-state index contributed by atoms with van der Waals surface area (Å²) >= 11 is 1.88. The Morgan fingerprint density at radius 3 is 2.80 bits per heavy atom. The fraction of sp³-hybridized carbons (Fsp3) is 0.538. The fourth-order valence-corrected chi connectivity index (χ4v) is 3.48. The summed E-state index contributed by atoms with van der Waals surface area (Å²) < 4.78 is 0. The summed E-state index contributed by atoms with van der Waals surface area (Å²) in [7, 11) is 0. The summed E-state index contributed by atoms with van der Waals surface area (Å²) in [5.74, 6) is 0.877. The highest BCUT2D eigenvalue weighted by Crippen LogP contribution is 2.36. The summed E-state index contributed by atoms with van der Waals surface area (Å²) in [4.78, 5) is 0. The van der Waals surface area contributed by atoms with Crippen molar-refractivity contribution in [2.24, 2.45) is 0 Å². The van der Waals surface area contributed by atoms with Crippen molar-refractivity contribution < 1.29 is 5.11 Å². The Bertz CT molecular complexity index is 350. The topological polar surface area (TPSA) is 20.2 Å². The highest BCUT2D eigenvalue weighted by molar-refractivity contribution is 8.00. The molecule has 0 saturated carbocycles. The van der Waals surface area contributed by atoms with Gasteiger partial charge in [0.05, 0.1) is 5.60 Å². The zero-order chi connectivity index (χ0) is 10.9. The van der Waals surface area contributed by atoms with Gasteiger partial charge in [-0.05, 0) is 24.5 Å². The van der Waals surface area contributed by atoms with Gasteiger partial charge in [0.25, 0.3) is 0 Å². The molecule has 1 aromatic rings. The van der Waals surface area contributed by atoms with E-state index in [9.17, 15) is 5.11 Å². The van der Waals surface area contributed by atoms with E-state index in [-0.39, 0.29) is 0 Å². The van der Waals surface area contributed by atoms with Crippen LogP contribution in [0, 0.1) is 6.92 Å². The van der Waals surface area contributed by atoms with Crippen molar-refractivity contribution in [3.05, 3.63) is 35.4 Å². The zero-order valence-electron chi connectivity index (χ0n) is 9.36. The molecule has 2 rings (SSSR count). The van der Waals surface area contributed by atoms with E-state index in [0.717, 1.165) is 18.6 Å². The van der Waals surface area contributed by atoms with Crippen LogP contribution < -0.4 is 0 Å². The molecule has 0 aromatic heterocycles. The lowest BCUT2D eigenvalue weighted by Crippen LogP contribution is -2.31. The second kappa shape index (κ2) is 4.18. The molecular weight excluding hydrogens is 204 g/mol. The average molecular weight is 222 g/mol. The quantitative estimate of drug-likeness (QED) is 0.830.